The Morgan fingerprint density at radius 2 is 1.72 bits per heavy atom. The maximum atomic E-state index is 13.1. The van der Waals surface area contributed by atoms with Crippen molar-refractivity contribution in [3.63, 3.8) is 0 Å². The molecule has 1 aliphatic rings. The SMILES string of the molecule is CCOC(=O)c1cccc2c1Nc1ccc(C(=O)c3ccccc3)cc1N2CC=C(C)C. The second kappa shape index (κ2) is 9.10. The molecule has 0 aromatic heterocycles. The number of anilines is 4. The second-order valence-corrected chi connectivity index (χ2v) is 7.86. The lowest BCUT2D eigenvalue weighted by Crippen LogP contribution is -2.25. The number of para-hydroxylation sites is 1. The van der Waals surface area contributed by atoms with Crippen LogP contribution in [0.1, 0.15) is 47.1 Å². The first-order valence-electron chi connectivity index (χ1n) is 10.7. The standard InChI is InChI=1S/C27H26N2O3/c1-4-32-27(31)21-11-8-12-23-25(21)28-22-14-13-20(26(30)19-9-6-5-7-10-19)17-24(22)29(23)16-15-18(2)3/h5-15,17,28H,4,16H2,1-3H3. The van der Waals surface area contributed by atoms with Crippen molar-refractivity contribution in [2.24, 2.45) is 0 Å². The lowest BCUT2D eigenvalue weighted by atomic mass is 9.99. The molecule has 0 fully saturated rings. The largest absolute Gasteiger partial charge is 0.462 e. The van der Waals surface area contributed by atoms with E-state index >= 15 is 0 Å². The molecule has 0 saturated heterocycles. The minimum Gasteiger partial charge on any atom is -0.462 e. The molecule has 0 radical (unpaired) electrons. The third-order valence-corrected chi connectivity index (χ3v) is 5.36. The van der Waals surface area contributed by atoms with Crippen LogP contribution in [0.5, 0.6) is 0 Å². The van der Waals surface area contributed by atoms with Crippen LogP contribution in [0, 0.1) is 0 Å². The molecule has 4 rings (SSSR count). The van der Waals surface area contributed by atoms with Gasteiger partial charge in [0, 0.05) is 17.7 Å². The van der Waals surface area contributed by atoms with Crippen molar-refractivity contribution < 1.29 is 14.3 Å². The molecule has 1 N–H and O–H groups in total. The van der Waals surface area contributed by atoms with E-state index in [1.54, 1.807) is 13.0 Å². The van der Waals surface area contributed by atoms with E-state index in [1.165, 1.54) is 5.57 Å². The van der Waals surface area contributed by atoms with E-state index in [4.69, 9.17) is 4.74 Å². The molecule has 0 atom stereocenters. The van der Waals surface area contributed by atoms with Crippen LogP contribution in [0.15, 0.2) is 78.4 Å². The highest BCUT2D eigenvalue weighted by Gasteiger charge is 2.27. The second-order valence-electron chi connectivity index (χ2n) is 7.86. The van der Waals surface area contributed by atoms with Crippen molar-refractivity contribution in [1.82, 2.24) is 0 Å². The average Bonchev–Trinajstić information content (AvgIpc) is 2.81. The fraction of sp³-hybridized carbons (Fsp3) is 0.185. The summed E-state index contributed by atoms with van der Waals surface area (Å²) in [7, 11) is 0. The molecule has 0 amide bonds. The van der Waals surface area contributed by atoms with E-state index in [0.717, 1.165) is 17.1 Å². The number of allylic oxidation sites excluding steroid dienone is 1. The maximum absolute atomic E-state index is 13.1. The van der Waals surface area contributed by atoms with Crippen molar-refractivity contribution >= 4 is 34.5 Å². The Balaban J connectivity index is 1.81. The molecule has 3 aromatic rings. The smallest absolute Gasteiger partial charge is 0.340 e. The van der Waals surface area contributed by atoms with Gasteiger partial charge in [-0.1, -0.05) is 48.0 Å². The number of ether oxygens (including phenoxy) is 1. The van der Waals surface area contributed by atoms with Crippen LogP contribution < -0.4 is 10.2 Å². The van der Waals surface area contributed by atoms with Gasteiger partial charge < -0.3 is 15.0 Å². The Bertz CT molecular complexity index is 1190. The number of fused-ring (bicyclic) bond motifs is 2. The number of ketones is 1. The third-order valence-electron chi connectivity index (χ3n) is 5.36. The van der Waals surface area contributed by atoms with Gasteiger partial charge in [-0.2, -0.15) is 0 Å². The van der Waals surface area contributed by atoms with Crippen LogP contribution in [-0.4, -0.2) is 24.9 Å². The van der Waals surface area contributed by atoms with E-state index in [-0.39, 0.29) is 11.8 Å². The van der Waals surface area contributed by atoms with Crippen LogP contribution >= 0.6 is 0 Å². The van der Waals surface area contributed by atoms with Gasteiger partial charge in [0.2, 0.25) is 0 Å². The Labute approximate surface area is 188 Å². The molecular formula is C27H26N2O3. The van der Waals surface area contributed by atoms with Crippen molar-refractivity contribution in [2.45, 2.75) is 20.8 Å². The summed E-state index contributed by atoms with van der Waals surface area (Å²) in [6.07, 6.45) is 2.13. The molecule has 5 nitrogen and oxygen atoms in total. The van der Waals surface area contributed by atoms with E-state index < -0.39 is 0 Å². The fourth-order valence-electron chi connectivity index (χ4n) is 3.77. The molecule has 162 valence electrons. The highest BCUT2D eigenvalue weighted by atomic mass is 16.5. The van der Waals surface area contributed by atoms with Gasteiger partial charge in [-0.05, 0) is 51.1 Å². The maximum Gasteiger partial charge on any atom is 0.340 e. The number of hydrogen-bond acceptors (Lipinski definition) is 5. The number of carbonyl (C=O) groups excluding carboxylic acids is 2. The summed E-state index contributed by atoms with van der Waals surface area (Å²) >= 11 is 0. The number of esters is 1. The van der Waals surface area contributed by atoms with E-state index in [9.17, 15) is 9.59 Å². The third kappa shape index (κ3) is 4.14. The zero-order valence-corrected chi connectivity index (χ0v) is 18.5. The van der Waals surface area contributed by atoms with Crippen LogP contribution in [0.3, 0.4) is 0 Å². The summed E-state index contributed by atoms with van der Waals surface area (Å²) < 4.78 is 5.26. The summed E-state index contributed by atoms with van der Waals surface area (Å²) in [5.74, 6) is -0.389. The first kappa shape index (κ1) is 21.4. The molecule has 0 saturated carbocycles. The number of nitrogens with zero attached hydrogens (tertiary/aromatic N) is 1. The topological polar surface area (TPSA) is 58.6 Å². The summed E-state index contributed by atoms with van der Waals surface area (Å²) in [6.45, 7) is 6.82. The summed E-state index contributed by atoms with van der Waals surface area (Å²) in [5.41, 5.74) is 6.23. The predicted octanol–water partition coefficient (Wildman–Crippen LogP) is 6.26. The zero-order valence-electron chi connectivity index (χ0n) is 18.5. The first-order valence-corrected chi connectivity index (χ1v) is 10.7. The molecule has 3 aromatic carbocycles. The van der Waals surface area contributed by atoms with Gasteiger partial charge in [0.25, 0.3) is 0 Å². The first-order chi connectivity index (χ1) is 15.5. The van der Waals surface area contributed by atoms with E-state index in [1.807, 2.05) is 60.7 Å². The summed E-state index contributed by atoms with van der Waals surface area (Å²) in [5, 5.41) is 3.40. The fourth-order valence-corrected chi connectivity index (χ4v) is 3.77. The van der Waals surface area contributed by atoms with Crippen molar-refractivity contribution in [2.75, 3.05) is 23.4 Å². The number of carbonyl (C=O) groups is 2. The Kier molecular flexibility index (Phi) is 6.08. The molecule has 0 aliphatic carbocycles. The van der Waals surface area contributed by atoms with Crippen molar-refractivity contribution in [3.8, 4) is 0 Å². The molecule has 0 spiro atoms. The van der Waals surface area contributed by atoms with E-state index in [2.05, 4.69) is 30.1 Å². The van der Waals surface area contributed by atoms with Crippen LogP contribution in [0.25, 0.3) is 0 Å². The van der Waals surface area contributed by atoms with E-state index in [0.29, 0.717) is 35.5 Å². The van der Waals surface area contributed by atoms with Crippen LogP contribution in [-0.2, 0) is 4.74 Å². The van der Waals surface area contributed by atoms with Gasteiger partial charge in [0.05, 0.1) is 34.9 Å². The number of benzene rings is 3. The Morgan fingerprint density at radius 1 is 0.938 bits per heavy atom. The average molecular weight is 427 g/mol. The van der Waals surface area contributed by atoms with Crippen molar-refractivity contribution in [3.05, 3.63) is 95.1 Å². The summed E-state index contributed by atoms with van der Waals surface area (Å²) in [6, 6.07) is 20.5. The van der Waals surface area contributed by atoms with Gasteiger partial charge in [0.1, 0.15) is 0 Å². The van der Waals surface area contributed by atoms with Crippen LogP contribution in [0.2, 0.25) is 0 Å². The lowest BCUT2D eigenvalue weighted by Gasteiger charge is -2.34. The monoisotopic (exact) mass is 426 g/mol. The minimum absolute atomic E-state index is 0.0263. The van der Waals surface area contributed by atoms with Gasteiger partial charge >= 0.3 is 5.97 Å². The Morgan fingerprint density at radius 3 is 2.44 bits per heavy atom. The zero-order chi connectivity index (χ0) is 22.7. The Hall–Kier alpha value is -3.86. The lowest BCUT2D eigenvalue weighted by molar-refractivity contribution is 0.0527. The van der Waals surface area contributed by atoms with Gasteiger partial charge in [-0.3, -0.25) is 4.79 Å². The molecule has 5 heteroatoms. The minimum atomic E-state index is -0.363. The highest BCUT2D eigenvalue weighted by molar-refractivity contribution is 6.11. The molecular weight excluding hydrogens is 400 g/mol. The van der Waals surface area contributed by atoms with Gasteiger partial charge in [-0.15, -0.1) is 0 Å². The van der Waals surface area contributed by atoms with Crippen molar-refractivity contribution in [1.29, 1.82) is 0 Å². The quantitative estimate of drug-likeness (QED) is 0.287. The molecule has 32 heavy (non-hydrogen) atoms. The van der Waals surface area contributed by atoms with Gasteiger partial charge in [0.15, 0.2) is 5.78 Å². The molecule has 1 aliphatic heterocycles. The highest BCUT2D eigenvalue weighted by Crippen LogP contribution is 2.45. The van der Waals surface area contributed by atoms with Crippen LogP contribution in [0.4, 0.5) is 22.7 Å². The predicted molar refractivity (Wildman–Crippen MR) is 128 cm³/mol. The molecule has 1 heterocycles. The number of hydrogen-bond donors (Lipinski definition) is 1. The summed E-state index contributed by atoms with van der Waals surface area (Å²) in [4.78, 5) is 27.7. The molecule has 0 bridgehead atoms. The molecule has 0 unspecified atom stereocenters. The number of rotatable bonds is 6. The number of nitrogens with one attached hydrogen (secondary N) is 1. The van der Waals surface area contributed by atoms with Gasteiger partial charge in [-0.25, -0.2) is 4.79 Å². The normalized spacial score (nSPS) is 11.7.